The second-order valence-electron chi connectivity index (χ2n) is 5.37. The number of thiol groups is 1. The summed E-state index contributed by atoms with van der Waals surface area (Å²) >= 11 is 4.19. The van der Waals surface area contributed by atoms with Crippen LogP contribution in [-0.2, 0) is 0 Å². The monoisotopic (exact) mass is 251 g/mol. The zero-order valence-corrected chi connectivity index (χ0v) is 11.8. The fraction of sp³-hybridized carbons (Fsp3) is 0.500. The fourth-order valence-electron chi connectivity index (χ4n) is 1.23. The summed E-state index contributed by atoms with van der Waals surface area (Å²) < 4.78 is 0. The number of hydrogen-bond donors (Lipinski definition) is 2. The van der Waals surface area contributed by atoms with E-state index in [2.05, 4.69) is 45.6 Å². The molecule has 0 spiro atoms. The molecule has 3 heteroatoms. The van der Waals surface area contributed by atoms with Crippen molar-refractivity contribution in [2.45, 2.75) is 32.6 Å². The Kier molecular flexibility index (Phi) is 4.63. The van der Waals surface area contributed by atoms with Gasteiger partial charge in [-0.15, -0.1) is 12.6 Å². The zero-order valence-electron chi connectivity index (χ0n) is 10.9. The topological polar surface area (TPSA) is 29.1 Å². The minimum atomic E-state index is -0.0212. The first-order valence-electron chi connectivity index (χ1n) is 5.90. The Balaban J connectivity index is 2.59. The van der Waals surface area contributed by atoms with Crippen molar-refractivity contribution in [2.75, 3.05) is 6.54 Å². The molecule has 94 valence electrons. The van der Waals surface area contributed by atoms with Gasteiger partial charge in [-0.05, 0) is 35.6 Å². The molecule has 0 heterocycles. The summed E-state index contributed by atoms with van der Waals surface area (Å²) in [6.45, 7) is 9.35. The Bertz CT molecular complexity index is 382. The maximum Gasteiger partial charge on any atom is 0.251 e. The van der Waals surface area contributed by atoms with Crippen LogP contribution in [0, 0.1) is 11.3 Å². The lowest BCUT2D eigenvalue weighted by atomic mass is 9.81. The molecule has 1 aromatic carbocycles. The van der Waals surface area contributed by atoms with Crippen LogP contribution >= 0.6 is 12.6 Å². The van der Waals surface area contributed by atoms with Crippen LogP contribution in [0.25, 0.3) is 0 Å². The molecule has 2 nitrogen and oxygen atoms in total. The van der Waals surface area contributed by atoms with Gasteiger partial charge in [0, 0.05) is 17.0 Å². The van der Waals surface area contributed by atoms with Gasteiger partial charge in [-0.25, -0.2) is 0 Å². The molecular formula is C14H21NOS. The average Bonchev–Trinajstić information content (AvgIpc) is 2.27. The van der Waals surface area contributed by atoms with E-state index >= 15 is 0 Å². The highest BCUT2D eigenvalue weighted by atomic mass is 32.1. The standard InChI is InChI=1S/C14H21NOS/c1-10(2)14(3,4)9-15-13(16)11-5-7-12(17)8-6-11/h5-8,10,17H,9H2,1-4H3,(H,15,16). The fourth-order valence-corrected chi connectivity index (χ4v) is 1.38. The van der Waals surface area contributed by atoms with Crippen LogP contribution in [0.5, 0.6) is 0 Å². The van der Waals surface area contributed by atoms with Crippen LogP contribution in [0.15, 0.2) is 29.2 Å². The molecule has 1 amide bonds. The molecule has 1 rings (SSSR count). The first-order chi connectivity index (χ1) is 7.83. The predicted octanol–water partition coefficient (Wildman–Crippen LogP) is 3.39. The van der Waals surface area contributed by atoms with Crippen molar-refractivity contribution in [3.8, 4) is 0 Å². The Morgan fingerprint density at radius 3 is 2.29 bits per heavy atom. The molecule has 0 radical (unpaired) electrons. The Morgan fingerprint density at radius 1 is 1.29 bits per heavy atom. The van der Waals surface area contributed by atoms with E-state index < -0.39 is 0 Å². The lowest BCUT2D eigenvalue weighted by Crippen LogP contribution is -2.36. The third-order valence-electron chi connectivity index (χ3n) is 3.40. The first-order valence-corrected chi connectivity index (χ1v) is 6.35. The van der Waals surface area contributed by atoms with Crippen molar-refractivity contribution in [1.29, 1.82) is 0 Å². The van der Waals surface area contributed by atoms with Crippen molar-refractivity contribution in [3.05, 3.63) is 29.8 Å². The van der Waals surface area contributed by atoms with Gasteiger partial charge in [0.15, 0.2) is 0 Å². The quantitative estimate of drug-likeness (QED) is 0.789. The summed E-state index contributed by atoms with van der Waals surface area (Å²) in [6, 6.07) is 7.23. The summed E-state index contributed by atoms with van der Waals surface area (Å²) in [7, 11) is 0. The van der Waals surface area contributed by atoms with E-state index in [1.807, 2.05) is 12.1 Å². The van der Waals surface area contributed by atoms with Crippen molar-refractivity contribution in [2.24, 2.45) is 11.3 Å². The third-order valence-corrected chi connectivity index (χ3v) is 3.70. The van der Waals surface area contributed by atoms with Crippen molar-refractivity contribution >= 4 is 18.5 Å². The number of nitrogens with one attached hydrogen (secondary N) is 1. The summed E-state index contributed by atoms with van der Waals surface area (Å²) in [5, 5.41) is 2.98. The van der Waals surface area contributed by atoms with E-state index in [4.69, 9.17) is 0 Å². The van der Waals surface area contributed by atoms with Crippen LogP contribution in [0.1, 0.15) is 38.1 Å². The SMILES string of the molecule is CC(C)C(C)(C)CNC(=O)c1ccc(S)cc1. The number of benzene rings is 1. The molecule has 0 aliphatic heterocycles. The van der Waals surface area contributed by atoms with Crippen molar-refractivity contribution in [1.82, 2.24) is 5.32 Å². The van der Waals surface area contributed by atoms with Crippen molar-refractivity contribution in [3.63, 3.8) is 0 Å². The largest absolute Gasteiger partial charge is 0.351 e. The van der Waals surface area contributed by atoms with Gasteiger partial charge in [-0.3, -0.25) is 4.79 Å². The van der Waals surface area contributed by atoms with Gasteiger partial charge in [0.1, 0.15) is 0 Å². The van der Waals surface area contributed by atoms with Gasteiger partial charge in [-0.1, -0.05) is 27.7 Å². The minimum Gasteiger partial charge on any atom is -0.351 e. The number of amides is 1. The molecule has 0 saturated heterocycles. The second-order valence-corrected chi connectivity index (χ2v) is 5.89. The number of hydrogen-bond acceptors (Lipinski definition) is 2. The van der Waals surface area contributed by atoms with Crippen LogP contribution in [-0.4, -0.2) is 12.5 Å². The lowest BCUT2D eigenvalue weighted by Gasteiger charge is -2.29. The van der Waals surface area contributed by atoms with Gasteiger partial charge >= 0.3 is 0 Å². The highest BCUT2D eigenvalue weighted by Crippen LogP contribution is 2.24. The molecule has 0 aromatic heterocycles. The molecule has 0 unspecified atom stereocenters. The van der Waals surface area contributed by atoms with Gasteiger partial charge in [0.25, 0.3) is 5.91 Å². The molecular weight excluding hydrogens is 230 g/mol. The molecule has 0 fully saturated rings. The van der Waals surface area contributed by atoms with Gasteiger partial charge in [-0.2, -0.15) is 0 Å². The minimum absolute atomic E-state index is 0.0212. The molecule has 0 atom stereocenters. The molecule has 0 aliphatic rings. The molecule has 0 saturated carbocycles. The summed E-state index contributed by atoms with van der Waals surface area (Å²) in [5.41, 5.74) is 0.793. The van der Waals surface area contributed by atoms with E-state index in [9.17, 15) is 4.79 Å². The van der Waals surface area contributed by atoms with E-state index in [-0.39, 0.29) is 11.3 Å². The van der Waals surface area contributed by atoms with Gasteiger partial charge in [0.05, 0.1) is 0 Å². The average molecular weight is 251 g/mol. The highest BCUT2D eigenvalue weighted by molar-refractivity contribution is 7.80. The summed E-state index contributed by atoms with van der Waals surface area (Å²) in [5.74, 6) is 0.509. The lowest BCUT2D eigenvalue weighted by molar-refractivity contribution is 0.0924. The Labute approximate surface area is 109 Å². The molecule has 17 heavy (non-hydrogen) atoms. The number of carbonyl (C=O) groups excluding carboxylic acids is 1. The smallest absolute Gasteiger partial charge is 0.251 e. The van der Waals surface area contributed by atoms with Crippen molar-refractivity contribution < 1.29 is 4.79 Å². The van der Waals surface area contributed by atoms with Crippen LogP contribution in [0.3, 0.4) is 0 Å². The molecule has 1 N–H and O–H groups in total. The molecule has 0 aliphatic carbocycles. The Morgan fingerprint density at radius 2 is 1.82 bits per heavy atom. The third kappa shape index (κ3) is 4.08. The van der Waals surface area contributed by atoms with E-state index in [1.54, 1.807) is 12.1 Å². The Hall–Kier alpha value is -0.960. The predicted molar refractivity (Wildman–Crippen MR) is 74.6 cm³/mol. The van der Waals surface area contributed by atoms with E-state index in [0.717, 1.165) is 4.90 Å². The highest BCUT2D eigenvalue weighted by Gasteiger charge is 2.22. The normalized spacial score (nSPS) is 11.6. The number of rotatable bonds is 4. The molecule has 1 aromatic rings. The van der Waals surface area contributed by atoms with E-state index in [1.165, 1.54) is 0 Å². The maximum atomic E-state index is 11.9. The number of carbonyl (C=O) groups is 1. The first kappa shape index (κ1) is 14.1. The van der Waals surface area contributed by atoms with Gasteiger partial charge < -0.3 is 5.32 Å². The second kappa shape index (κ2) is 5.58. The summed E-state index contributed by atoms with van der Waals surface area (Å²) in [4.78, 5) is 12.8. The molecule has 0 bridgehead atoms. The van der Waals surface area contributed by atoms with Crippen LogP contribution in [0.4, 0.5) is 0 Å². The van der Waals surface area contributed by atoms with E-state index in [0.29, 0.717) is 18.0 Å². The summed E-state index contributed by atoms with van der Waals surface area (Å²) in [6.07, 6.45) is 0. The maximum absolute atomic E-state index is 11.9. The van der Waals surface area contributed by atoms with Gasteiger partial charge in [0.2, 0.25) is 0 Å². The van der Waals surface area contributed by atoms with Crippen LogP contribution in [0.2, 0.25) is 0 Å². The van der Waals surface area contributed by atoms with Crippen LogP contribution < -0.4 is 5.32 Å². The zero-order chi connectivity index (χ0) is 13.1.